The molecule has 0 spiro atoms. The number of H-pyrrole nitrogens is 1. The SMILES string of the molecule is COc1cc(/C=N\n2c(C)n[nH]c2=S)ccc1O. The number of aromatic nitrogens is 3. The van der Waals surface area contributed by atoms with Crippen molar-refractivity contribution in [2.45, 2.75) is 6.92 Å². The van der Waals surface area contributed by atoms with Gasteiger partial charge in [0, 0.05) is 0 Å². The molecule has 18 heavy (non-hydrogen) atoms. The third kappa shape index (κ3) is 2.40. The summed E-state index contributed by atoms with van der Waals surface area (Å²) in [6.45, 7) is 1.79. The number of nitrogens with one attached hydrogen (secondary N) is 1. The third-order valence-electron chi connectivity index (χ3n) is 2.34. The number of benzene rings is 1. The normalized spacial score (nSPS) is 11.0. The summed E-state index contributed by atoms with van der Waals surface area (Å²) in [6.07, 6.45) is 1.61. The lowest BCUT2D eigenvalue weighted by Crippen LogP contribution is -1.94. The molecule has 0 atom stereocenters. The zero-order valence-corrected chi connectivity index (χ0v) is 10.7. The Kier molecular flexibility index (Phi) is 3.42. The summed E-state index contributed by atoms with van der Waals surface area (Å²) in [5, 5.41) is 20.3. The number of aromatic hydroxyl groups is 1. The van der Waals surface area contributed by atoms with Crippen molar-refractivity contribution in [1.29, 1.82) is 0 Å². The molecule has 0 aliphatic heterocycles. The molecule has 2 rings (SSSR count). The molecule has 0 unspecified atom stereocenters. The van der Waals surface area contributed by atoms with Crippen LogP contribution in [-0.2, 0) is 0 Å². The smallest absolute Gasteiger partial charge is 0.216 e. The van der Waals surface area contributed by atoms with Gasteiger partial charge in [-0.3, -0.25) is 5.10 Å². The van der Waals surface area contributed by atoms with Crippen LogP contribution < -0.4 is 4.74 Å². The summed E-state index contributed by atoms with van der Waals surface area (Å²) in [4.78, 5) is 0. The van der Waals surface area contributed by atoms with Crippen LogP contribution in [0.4, 0.5) is 0 Å². The zero-order valence-electron chi connectivity index (χ0n) is 9.91. The highest BCUT2D eigenvalue weighted by atomic mass is 32.1. The summed E-state index contributed by atoms with van der Waals surface area (Å²) in [6, 6.07) is 4.94. The second-order valence-electron chi connectivity index (χ2n) is 3.56. The van der Waals surface area contributed by atoms with E-state index in [0.29, 0.717) is 16.3 Å². The number of phenolic OH excluding ortho intramolecular Hbond substituents is 1. The molecule has 1 aromatic heterocycles. The number of aryl methyl sites for hydroxylation is 1. The van der Waals surface area contributed by atoms with Crippen molar-refractivity contribution in [3.05, 3.63) is 34.4 Å². The summed E-state index contributed by atoms with van der Waals surface area (Å²) < 4.78 is 6.95. The fourth-order valence-electron chi connectivity index (χ4n) is 1.41. The molecule has 0 fully saturated rings. The lowest BCUT2D eigenvalue weighted by molar-refractivity contribution is 0.373. The van der Waals surface area contributed by atoms with Crippen molar-refractivity contribution in [3.8, 4) is 11.5 Å². The molecule has 0 amide bonds. The maximum atomic E-state index is 9.47. The minimum atomic E-state index is 0.0887. The summed E-state index contributed by atoms with van der Waals surface area (Å²) >= 11 is 5.02. The van der Waals surface area contributed by atoms with E-state index in [1.165, 1.54) is 11.8 Å². The highest BCUT2D eigenvalue weighted by molar-refractivity contribution is 7.71. The number of rotatable bonds is 3. The van der Waals surface area contributed by atoms with E-state index in [1.807, 2.05) is 0 Å². The number of methoxy groups -OCH3 is 1. The van der Waals surface area contributed by atoms with E-state index in [2.05, 4.69) is 15.3 Å². The van der Waals surface area contributed by atoms with E-state index in [0.717, 1.165) is 5.56 Å². The molecule has 0 radical (unpaired) electrons. The van der Waals surface area contributed by atoms with Crippen LogP contribution in [0, 0.1) is 11.7 Å². The van der Waals surface area contributed by atoms with E-state index in [1.54, 1.807) is 31.3 Å². The van der Waals surface area contributed by atoms with Gasteiger partial charge in [-0.2, -0.15) is 14.9 Å². The first-order valence-corrected chi connectivity index (χ1v) is 5.58. The molecule has 6 nitrogen and oxygen atoms in total. The molecule has 2 N–H and O–H groups in total. The largest absolute Gasteiger partial charge is 0.504 e. The van der Waals surface area contributed by atoms with Gasteiger partial charge in [0.15, 0.2) is 11.5 Å². The number of ether oxygens (including phenoxy) is 1. The van der Waals surface area contributed by atoms with Crippen molar-refractivity contribution in [2.75, 3.05) is 7.11 Å². The Hall–Kier alpha value is -2.15. The molecule has 94 valence electrons. The molecule has 1 aromatic carbocycles. The Bertz CT molecular complexity index is 645. The Balaban J connectivity index is 2.32. The van der Waals surface area contributed by atoms with Gasteiger partial charge in [0.25, 0.3) is 0 Å². The van der Waals surface area contributed by atoms with Crippen LogP contribution >= 0.6 is 12.2 Å². The van der Waals surface area contributed by atoms with Gasteiger partial charge >= 0.3 is 0 Å². The quantitative estimate of drug-likeness (QED) is 0.655. The van der Waals surface area contributed by atoms with Gasteiger partial charge in [-0.05, 0) is 42.9 Å². The Morgan fingerprint density at radius 2 is 2.33 bits per heavy atom. The van der Waals surface area contributed by atoms with E-state index in [9.17, 15) is 5.11 Å². The van der Waals surface area contributed by atoms with Crippen molar-refractivity contribution in [3.63, 3.8) is 0 Å². The van der Waals surface area contributed by atoms with Crippen LogP contribution in [0.5, 0.6) is 11.5 Å². The van der Waals surface area contributed by atoms with Crippen LogP contribution in [0.3, 0.4) is 0 Å². The van der Waals surface area contributed by atoms with Crippen LogP contribution in [-0.4, -0.2) is 33.3 Å². The van der Waals surface area contributed by atoms with Gasteiger partial charge in [0.2, 0.25) is 4.77 Å². The number of hydrogen-bond acceptors (Lipinski definition) is 5. The molecule has 0 saturated carbocycles. The van der Waals surface area contributed by atoms with Crippen molar-refractivity contribution < 1.29 is 9.84 Å². The second-order valence-corrected chi connectivity index (χ2v) is 3.95. The Morgan fingerprint density at radius 3 is 2.94 bits per heavy atom. The van der Waals surface area contributed by atoms with Gasteiger partial charge < -0.3 is 9.84 Å². The van der Waals surface area contributed by atoms with Crippen molar-refractivity contribution in [1.82, 2.24) is 14.9 Å². The number of aromatic amines is 1. The number of nitrogens with zero attached hydrogens (tertiary/aromatic N) is 3. The van der Waals surface area contributed by atoms with Gasteiger partial charge in [-0.1, -0.05) is 0 Å². The van der Waals surface area contributed by atoms with Gasteiger partial charge in [-0.15, -0.1) is 0 Å². The molecule has 0 aliphatic rings. The molecule has 1 heterocycles. The van der Waals surface area contributed by atoms with E-state index in [4.69, 9.17) is 17.0 Å². The second kappa shape index (κ2) is 5.01. The fourth-order valence-corrected chi connectivity index (χ4v) is 1.63. The average Bonchev–Trinajstić information content (AvgIpc) is 2.68. The lowest BCUT2D eigenvalue weighted by atomic mass is 10.2. The molecule has 0 bridgehead atoms. The van der Waals surface area contributed by atoms with E-state index >= 15 is 0 Å². The van der Waals surface area contributed by atoms with Gasteiger partial charge in [0.1, 0.15) is 5.82 Å². The topological polar surface area (TPSA) is 75.4 Å². The minimum absolute atomic E-state index is 0.0887. The van der Waals surface area contributed by atoms with E-state index in [-0.39, 0.29) is 5.75 Å². The summed E-state index contributed by atoms with van der Waals surface area (Å²) in [5.74, 6) is 1.15. The zero-order chi connectivity index (χ0) is 13.1. The Labute approximate surface area is 109 Å². The van der Waals surface area contributed by atoms with Crippen LogP contribution in [0.2, 0.25) is 0 Å². The maximum Gasteiger partial charge on any atom is 0.216 e. The maximum absolute atomic E-state index is 9.47. The van der Waals surface area contributed by atoms with Crippen molar-refractivity contribution >= 4 is 18.4 Å². The monoisotopic (exact) mass is 264 g/mol. The lowest BCUT2D eigenvalue weighted by Gasteiger charge is -2.03. The number of hydrogen-bond donors (Lipinski definition) is 2. The molecule has 7 heteroatoms. The average molecular weight is 264 g/mol. The minimum Gasteiger partial charge on any atom is -0.504 e. The highest BCUT2D eigenvalue weighted by Gasteiger charge is 2.01. The van der Waals surface area contributed by atoms with E-state index < -0.39 is 0 Å². The fraction of sp³-hybridized carbons (Fsp3) is 0.182. The van der Waals surface area contributed by atoms with Crippen LogP contribution in [0.15, 0.2) is 23.3 Å². The van der Waals surface area contributed by atoms with Gasteiger partial charge in [-0.25, -0.2) is 0 Å². The number of phenols is 1. The van der Waals surface area contributed by atoms with Crippen molar-refractivity contribution in [2.24, 2.45) is 5.10 Å². The predicted molar refractivity (Wildman–Crippen MR) is 69.8 cm³/mol. The molecular weight excluding hydrogens is 252 g/mol. The molecule has 0 saturated heterocycles. The van der Waals surface area contributed by atoms with Crippen LogP contribution in [0.1, 0.15) is 11.4 Å². The van der Waals surface area contributed by atoms with Gasteiger partial charge in [0.05, 0.1) is 13.3 Å². The molecule has 0 aliphatic carbocycles. The Morgan fingerprint density at radius 1 is 1.56 bits per heavy atom. The molecule has 2 aromatic rings. The molecular formula is C11H12N4O2S. The first-order valence-electron chi connectivity index (χ1n) is 5.17. The summed E-state index contributed by atoms with van der Waals surface area (Å²) in [5.41, 5.74) is 0.784. The standard InChI is InChI=1S/C11H12N4O2S/c1-7-13-14-11(18)15(7)12-6-8-3-4-9(16)10(5-8)17-2/h3-6,16H,1-2H3,(H,14,18)/b12-6-. The summed E-state index contributed by atoms with van der Waals surface area (Å²) in [7, 11) is 1.49. The first-order chi connectivity index (χ1) is 8.61. The van der Waals surface area contributed by atoms with Crippen LogP contribution in [0.25, 0.3) is 0 Å². The third-order valence-corrected chi connectivity index (χ3v) is 2.60. The predicted octanol–water partition coefficient (Wildman–Crippen LogP) is 1.85. The first kappa shape index (κ1) is 12.3. The highest BCUT2D eigenvalue weighted by Crippen LogP contribution is 2.25.